The summed E-state index contributed by atoms with van der Waals surface area (Å²) in [6.45, 7) is 0. The highest BCUT2D eigenvalue weighted by Crippen LogP contribution is 2.38. The molecule has 0 aliphatic rings. The molecule has 2 aromatic rings. The number of nitrogen functional groups attached to an aromatic ring is 2. The first-order valence-corrected chi connectivity index (χ1v) is 4.76. The molecule has 0 saturated carbocycles. The Hall–Kier alpha value is -2.36. The second-order valence-electron chi connectivity index (χ2n) is 3.48. The molecule has 0 heterocycles. The standard InChI is InChI=1S/C12H12N2O2/c13-11-7(3-1-5-9(11)15)8-4-2-6-10(16)12(8)14/h1-6,15-16H,13-14H2. The second-order valence-corrected chi connectivity index (χ2v) is 3.48. The first-order chi connectivity index (χ1) is 7.61. The zero-order valence-corrected chi connectivity index (χ0v) is 8.51. The molecule has 0 radical (unpaired) electrons. The van der Waals surface area contributed by atoms with E-state index in [1.165, 1.54) is 12.1 Å². The fourth-order valence-electron chi connectivity index (χ4n) is 1.58. The maximum atomic E-state index is 9.49. The summed E-state index contributed by atoms with van der Waals surface area (Å²) in [5.41, 5.74) is 13.2. The molecule has 0 fully saturated rings. The summed E-state index contributed by atoms with van der Waals surface area (Å²) in [5.74, 6) is 0.000450. The van der Waals surface area contributed by atoms with Crippen molar-refractivity contribution < 1.29 is 10.2 Å². The van der Waals surface area contributed by atoms with Gasteiger partial charge in [0.05, 0.1) is 11.4 Å². The number of benzene rings is 2. The predicted molar refractivity (Wildman–Crippen MR) is 64.0 cm³/mol. The van der Waals surface area contributed by atoms with Crippen LogP contribution >= 0.6 is 0 Å². The highest BCUT2D eigenvalue weighted by molar-refractivity contribution is 5.88. The largest absolute Gasteiger partial charge is 0.506 e. The number of phenols is 2. The van der Waals surface area contributed by atoms with Gasteiger partial charge in [0.1, 0.15) is 11.5 Å². The summed E-state index contributed by atoms with van der Waals surface area (Å²) in [7, 11) is 0. The lowest BCUT2D eigenvalue weighted by atomic mass is 10.0. The Morgan fingerprint density at radius 3 is 1.44 bits per heavy atom. The van der Waals surface area contributed by atoms with E-state index in [1.807, 2.05) is 0 Å². The molecule has 4 heteroatoms. The van der Waals surface area contributed by atoms with Crippen LogP contribution in [0.4, 0.5) is 11.4 Å². The van der Waals surface area contributed by atoms with Crippen LogP contribution in [0.25, 0.3) is 11.1 Å². The lowest BCUT2D eigenvalue weighted by Crippen LogP contribution is -1.95. The Kier molecular flexibility index (Phi) is 2.32. The maximum absolute atomic E-state index is 9.49. The van der Waals surface area contributed by atoms with Crippen molar-refractivity contribution in [2.75, 3.05) is 11.5 Å². The fourth-order valence-corrected chi connectivity index (χ4v) is 1.58. The Morgan fingerprint density at radius 1 is 0.688 bits per heavy atom. The second kappa shape index (κ2) is 3.66. The molecule has 0 bridgehead atoms. The van der Waals surface area contributed by atoms with Gasteiger partial charge in [-0.25, -0.2) is 0 Å². The topological polar surface area (TPSA) is 92.5 Å². The molecule has 2 aromatic carbocycles. The Balaban J connectivity index is 2.68. The summed E-state index contributed by atoms with van der Waals surface area (Å²) in [6, 6.07) is 9.81. The maximum Gasteiger partial charge on any atom is 0.139 e. The van der Waals surface area contributed by atoms with Crippen molar-refractivity contribution in [1.29, 1.82) is 0 Å². The van der Waals surface area contributed by atoms with E-state index in [9.17, 15) is 10.2 Å². The SMILES string of the molecule is Nc1c(O)cccc1-c1cccc(O)c1N. The third-order valence-electron chi connectivity index (χ3n) is 2.46. The van der Waals surface area contributed by atoms with E-state index in [1.54, 1.807) is 24.3 Å². The quantitative estimate of drug-likeness (QED) is 0.433. The fraction of sp³-hybridized carbons (Fsp3) is 0. The van der Waals surface area contributed by atoms with Crippen LogP contribution in [0.1, 0.15) is 0 Å². The van der Waals surface area contributed by atoms with Crippen LogP contribution in [0.15, 0.2) is 36.4 Å². The van der Waals surface area contributed by atoms with E-state index < -0.39 is 0 Å². The van der Waals surface area contributed by atoms with E-state index in [2.05, 4.69) is 0 Å². The molecular formula is C12H12N2O2. The van der Waals surface area contributed by atoms with Crippen molar-refractivity contribution in [2.45, 2.75) is 0 Å². The van der Waals surface area contributed by atoms with Gasteiger partial charge in [-0.2, -0.15) is 0 Å². The lowest BCUT2D eigenvalue weighted by Gasteiger charge is -2.10. The van der Waals surface area contributed by atoms with E-state index >= 15 is 0 Å². The van der Waals surface area contributed by atoms with Gasteiger partial charge in [-0.3, -0.25) is 0 Å². The number of anilines is 2. The van der Waals surface area contributed by atoms with Gasteiger partial charge < -0.3 is 21.7 Å². The molecule has 4 nitrogen and oxygen atoms in total. The third kappa shape index (κ3) is 1.50. The highest BCUT2D eigenvalue weighted by Gasteiger charge is 2.10. The van der Waals surface area contributed by atoms with Crippen LogP contribution in [0.2, 0.25) is 0 Å². The van der Waals surface area contributed by atoms with Crippen molar-refractivity contribution in [3.05, 3.63) is 36.4 Å². The summed E-state index contributed by atoms with van der Waals surface area (Å²) in [6.07, 6.45) is 0. The van der Waals surface area contributed by atoms with Crippen molar-refractivity contribution in [3.8, 4) is 22.6 Å². The number of aromatic hydroxyl groups is 2. The number of rotatable bonds is 1. The van der Waals surface area contributed by atoms with Gasteiger partial charge in [-0.15, -0.1) is 0 Å². The van der Waals surface area contributed by atoms with Gasteiger partial charge in [0.25, 0.3) is 0 Å². The molecule has 0 spiro atoms. The molecular weight excluding hydrogens is 204 g/mol. The average Bonchev–Trinajstić information content (AvgIpc) is 2.27. The van der Waals surface area contributed by atoms with E-state index in [4.69, 9.17) is 11.5 Å². The van der Waals surface area contributed by atoms with Crippen molar-refractivity contribution >= 4 is 11.4 Å². The smallest absolute Gasteiger partial charge is 0.139 e. The molecule has 82 valence electrons. The molecule has 0 aliphatic carbocycles. The first-order valence-electron chi connectivity index (χ1n) is 4.76. The van der Waals surface area contributed by atoms with Gasteiger partial charge in [0.15, 0.2) is 0 Å². The predicted octanol–water partition coefficient (Wildman–Crippen LogP) is 1.93. The molecule has 6 N–H and O–H groups in total. The number of para-hydroxylation sites is 2. The molecule has 0 amide bonds. The average molecular weight is 216 g/mol. The Bertz CT molecular complexity index is 489. The molecule has 0 aromatic heterocycles. The Labute approximate surface area is 92.8 Å². The number of nitrogens with two attached hydrogens (primary N) is 2. The molecule has 0 unspecified atom stereocenters. The third-order valence-corrected chi connectivity index (χ3v) is 2.46. The zero-order valence-electron chi connectivity index (χ0n) is 8.51. The van der Waals surface area contributed by atoms with E-state index in [0.29, 0.717) is 11.1 Å². The van der Waals surface area contributed by atoms with Crippen LogP contribution in [0.3, 0.4) is 0 Å². The molecule has 16 heavy (non-hydrogen) atoms. The molecule has 0 saturated heterocycles. The van der Waals surface area contributed by atoms with Crippen molar-refractivity contribution in [3.63, 3.8) is 0 Å². The van der Waals surface area contributed by atoms with Gasteiger partial charge >= 0.3 is 0 Å². The van der Waals surface area contributed by atoms with Gasteiger partial charge in [0, 0.05) is 11.1 Å². The van der Waals surface area contributed by atoms with Crippen molar-refractivity contribution in [2.24, 2.45) is 0 Å². The zero-order chi connectivity index (χ0) is 11.7. The summed E-state index contributed by atoms with van der Waals surface area (Å²) >= 11 is 0. The number of phenolic OH excluding ortho intramolecular Hbond substituents is 2. The molecule has 2 rings (SSSR count). The molecule has 0 aliphatic heterocycles. The van der Waals surface area contributed by atoms with E-state index in [-0.39, 0.29) is 22.9 Å². The first kappa shape index (κ1) is 10.2. The summed E-state index contributed by atoms with van der Waals surface area (Å²) < 4.78 is 0. The monoisotopic (exact) mass is 216 g/mol. The van der Waals surface area contributed by atoms with Crippen LogP contribution in [-0.4, -0.2) is 10.2 Å². The summed E-state index contributed by atoms with van der Waals surface area (Å²) in [4.78, 5) is 0. The van der Waals surface area contributed by atoms with Crippen LogP contribution in [0, 0.1) is 0 Å². The Morgan fingerprint density at radius 2 is 1.06 bits per heavy atom. The number of hydrogen-bond donors (Lipinski definition) is 4. The van der Waals surface area contributed by atoms with Crippen LogP contribution in [0.5, 0.6) is 11.5 Å². The van der Waals surface area contributed by atoms with Gasteiger partial charge in [0.2, 0.25) is 0 Å². The lowest BCUT2D eigenvalue weighted by molar-refractivity contribution is 0.477. The highest BCUT2D eigenvalue weighted by atomic mass is 16.3. The van der Waals surface area contributed by atoms with Crippen LogP contribution < -0.4 is 11.5 Å². The van der Waals surface area contributed by atoms with Crippen molar-refractivity contribution in [1.82, 2.24) is 0 Å². The summed E-state index contributed by atoms with van der Waals surface area (Å²) in [5, 5.41) is 19.0. The minimum Gasteiger partial charge on any atom is -0.506 e. The van der Waals surface area contributed by atoms with Crippen LogP contribution in [-0.2, 0) is 0 Å². The van der Waals surface area contributed by atoms with Gasteiger partial charge in [-0.1, -0.05) is 24.3 Å². The minimum absolute atomic E-state index is 0.000225. The van der Waals surface area contributed by atoms with E-state index in [0.717, 1.165) is 0 Å². The number of hydrogen-bond acceptors (Lipinski definition) is 4. The van der Waals surface area contributed by atoms with Gasteiger partial charge in [-0.05, 0) is 12.1 Å². The molecule has 0 atom stereocenters. The minimum atomic E-state index is 0.000225. The normalized spacial score (nSPS) is 10.2.